The molecule has 0 aliphatic carbocycles. The lowest BCUT2D eigenvalue weighted by Gasteiger charge is -2.06. The second kappa shape index (κ2) is 6.66. The third-order valence-electron chi connectivity index (χ3n) is 2.22. The second-order valence-corrected chi connectivity index (χ2v) is 3.54. The minimum atomic E-state index is 0.527. The third-order valence-corrected chi connectivity index (χ3v) is 2.22. The summed E-state index contributed by atoms with van der Waals surface area (Å²) in [6, 6.07) is 15.5. The lowest BCUT2D eigenvalue weighted by molar-refractivity contribution is 0.0869. The molecular formula is C14H15NO2. The maximum atomic E-state index is 5.50. The highest BCUT2D eigenvalue weighted by Gasteiger charge is 1.94. The molecule has 1 aromatic heterocycles. The molecule has 88 valence electrons. The summed E-state index contributed by atoms with van der Waals surface area (Å²) in [4.78, 5) is 4.17. The molecule has 0 saturated heterocycles. The number of hydrogen-bond donors (Lipinski definition) is 0. The van der Waals surface area contributed by atoms with E-state index in [-0.39, 0.29) is 0 Å². The van der Waals surface area contributed by atoms with Crippen LogP contribution in [-0.4, -0.2) is 18.2 Å². The first-order chi connectivity index (χ1) is 8.45. The normalized spacial score (nSPS) is 10.1. The van der Waals surface area contributed by atoms with E-state index in [0.717, 1.165) is 11.4 Å². The molecule has 17 heavy (non-hydrogen) atoms. The smallest absolute Gasteiger partial charge is 0.119 e. The molecule has 0 atom stereocenters. The fourth-order valence-electron chi connectivity index (χ4n) is 1.40. The molecule has 0 aliphatic rings. The fourth-order valence-corrected chi connectivity index (χ4v) is 1.40. The van der Waals surface area contributed by atoms with Gasteiger partial charge < -0.3 is 9.47 Å². The van der Waals surface area contributed by atoms with Gasteiger partial charge in [0.25, 0.3) is 0 Å². The van der Waals surface area contributed by atoms with Crippen molar-refractivity contribution >= 4 is 0 Å². The van der Waals surface area contributed by atoms with Crippen LogP contribution < -0.4 is 4.74 Å². The Hall–Kier alpha value is -1.87. The molecule has 0 saturated carbocycles. The first-order valence-corrected chi connectivity index (χ1v) is 5.60. The Labute approximate surface area is 101 Å². The van der Waals surface area contributed by atoms with E-state index < -0.39 is 0 Å². The van der Waals surface area contributed by atoms with Gasteiger partial charge in [-0.05, 0) is 24.3 Å². The lowest BCUT2D eigenvalue weighted by Crippen LogP contribution is -2.07. The number of pyridine rings is 1. The fraction of sp³-hybridized carbons (Fsp3) is 0.214. The summed E-state index contributed by atoms with van der Waals surface area (Å²) >= 11 is 0. The highest BCUT2D eigenvalue weighted by molar-refractivity contribution is 5.20. The average molecular weight is 229 g/mol. The molecule has 1 aromatic carbocycles. The molecule has 2 rings (SSSR count). The number of para-hydroxylation sites is 1. The maximum absolute atomic E-state index is 5.50. The Balaban J connectivity index is 1.61. The van der Waals surface area contributed by atoms with Crippen molar-refractivity contribution in [3.8, 4) is 5.75 Å². The van der Waals surface area contributed by atoms with E-state index in [1.54, 1.807) is 6.20 Å². The molecule has 0 aliphatic heterocycles. The number of aromatic nitrogens is 1. The van der Waals surface area contributed by atoms with Gasteiger partial charge in [-0.3, -0.25) is 4.98 Å². The van der Waals surface area contributed by atoms with Crippen molar-refractivity contribution in [3.63, 3.8) is 0 Å². The van der Waals surface area contributed by atoms with Gasteiger partial charge in [-0.25, -0.2) is 0 Å². The van der Waals surface area contributed by atoms with E-state index in [2.05, 4.69) is 4.98 Å². The monoisotopic (exact) mass is 229 g/mol. The number of nitrogens with zero attached hydrogens (tertiary/aromatic N) is 1. The van der Waals surface area contributed by atoms with Gasteiger partial charge in [-0.15, -0.1) is 0 Å². The molecule has 0 fully saturated rings. The lowest BCUT2D eigenvalue weighted by atomic mass is 10.3. The van der Waals surface area contributed by atoms with Crippen LogP contribution in [0, 0.1) is 0 Å². The number of rotatable bonds is 6. The molecule has 0 radical (unpaired) electrons. The van der Waals surface area contributed by atoms with Crippen LogP contribution in [0.15, 0.2) is 54.7 Å². The van der Waals surface area contributed by atoms with E-state index in [1.807, 2.05) is 48.5 Å². The number of ether oxygens (including phenoxy) is 2. The van der Waals surface area contributed by atoms with Gasteiger partial charge in [-0.1, -0.05) is 24.3 Å². The van der Waals surface area contributed by atoms with Crippen molar-refractivity contribution < 1.29 is 9.47 Å². The summed E-state index contributed by atoms with van der Waals surface area (Å²) in [5.41, 5.74) is 0.937. The predicted octanol–water partition coefficient (Wildman–Crippen LogP) is 2.68. The van der Waals surface area contributed by atoms with Crippen LogP contribution in [0.2, 0.25) is 0 Å². The minimum absolute atomic E-state index is 0.527. The van der Waals surface area contributed by atoms with E-state index >= 15 is 0 Å². The molecule has 2 aromatic rings. The Bertz CT molecular complexity index is 375. The van der Waals surface area contributed by atoms with E-state index in [1.165, 1.54) is 0 Å². The maximum Gasteiger partial charge on any atom is 0.119 e. The molecule has 0 spiro atoms. The third kappa shape index (κ3) is 4.25. The molecular weight excluding hydrogens is 214 g/mol. The average Bonchev–Trinajstić information content (AvgIpc) is 2.41. The molecule has 1 heterocycles. The Morgan fingerprint density at radius 3 is 2.47 bits per heavy atom. The van der Waals surface area contributed by atoms with Gasteiger partial charge >= 0.3 is 0 Å². The standard InChI is InChI=1S/C14H15NO2/c1-2-7-14(8-3-1)17-11-10-16-12-13-6-4-5-9-15-13/h1-9H,10-12H2. The van der Waals surface area contributed by atoms with Crippen molar-refractivity contribution in [2.24, 2.45) is 0 Å². The van der Waals surface area contributed by atoms with Crippen molar-refractivity contribution in [3.05, 3.63) is 60.4 Å². The first kappa shape index (κ1) is 11.6. The van der Waals surface area contributed by atoms with Crippen LogP contribution >= 0.6 is 0 Å². The topological polar surface area (TPSA) is 31.4 Å². The van der Waals surface area contributed by atoms with Gasteiger partial charge in [-0.2, -0.15) is 0 Å². The van der Waals surface area contributed by atoms with E-state index in [9.17, 15) is 0 Å². The quantitative estimate of drug-likeness (QED) is 0.714. The molecule has 0 amide bonds. The number of hydrogen-bond acceptors (Lipinski definition) is 3. The Morgan fingerprint density at radius 2 is 1.71 bits per heavy atom. The molecule has 3 nitrogen and oxygen atoms in total. The summed E-state index contributed by atoms with van der Waals surface area (Å²) in [5, 5.41) is 0. The van der Waals surface area contributed by atoms with Crippen molar-refractivity contribution in [2.45, 2.75) is 6.61 Å². The number of benzene rings is 1. The summed E-state index contributed by atoms with van der Waals surface area (Å²) in [7, 11) is 0. The highest BCUT2D eigenvalue weighted by Crippen LogP contribution is 2.07. The van der Waals surface area contributed by atoms with Gasteiger partial charge in [0.15, 0.2) is 0 Å². The largest absolute Gasteiger partial charge is 0.491 e. The van der Waals surface area contributed by atoms with E-state index in [4.69, 9.17) is 9.47 Å². The zero-order valence-electron chi connectivity index (χ0n) is 9.58. The van der Waals surface area contributed by atoms with Gasteiger partial charge in [0, 0.05) is 6.20 Å². The first-order valence-electron chi connectivity index (χ1n) is 5.60. The molecule has 3 heteroatoms. The molecule has 0 N–H and O–H groups in total. The van der Waals surface area contributed by atoms with Crippen LogP contribution in [0.3, 0.4) is 0 Å². The molecule has 0 bridgehead atoms. The van der Waals surface area contributed by atoms with Gasteiger partial charge in [0.1, 0.15) is 12.4 Å². The van der Waals surface area contributed by atoms with Gasteiger partial charge in [0.2, 0.25) is 0 Å². The van der Waals surface area contributed by atoms with Crippen LogP contribution in [0.4, 0.5) is 0 Å². The van der Waals surface area contributed by atoms with E-state index in [0.29, 0.717) is 19.8 Å². The summed E-state index contributed by atoms with van der Waals surface area (Å²) in [6.45, 7) is 1.64. The van der Waals surface area contributed by atoms with Crippen LogP contribution in [0.25, 0.3) is 0 Å². The van der Waals surface area contributed by atoms with Crippen LogP contribution in [0.1, 0.15) is 5.69 Å². The van der Waals surface area contributed by atoms with Crippen molar-refractivity contribution in [1.29, 1.82) is 0 Å². The molecule has 0 unspecified atom stereocenters. The Kier molecular flexibility index (Phi) is 4.55. The van der Waals surface area contributed by atoms with Crippen molar-refractivity contribution in [2.75, 3.05) is 13.2 Å². The Morgan fingerprint density at radius 1 is 0.882 bits per heavy atom. The highest BCUT2D eigenvalue weighted by atomic mass is 16.5. The zero-order valence-corrected chi connectivity index (χ0v) is 9.58. The predicted molar refractivity (Wildman–Crippen MR) is 65.8 cm³/mol. The van der Waals surface area contributed by atoms with Crippen molar-refractivity contribution in [1.82, 2.24) is 4.98 Å². The van der Waals surface area contributed by atoms with Crippen LogP contribution in [-0.2, 0) is 11.3 Å². The summed E-state index contributed by atoms with van der Waals surface area (Å²) in [6.07, 6.45) is 1.76. The SMILES string of the molecule is c1ccc(OCCOCc2ccccn2)cc1. The zero-order chi connectivity index (χ0) is 11.8. The minimum Gasteiger partial charge on any atom is -0.491 e. The summed E-state index contributed by atoms with van der Waals surface area (Å²) in [5.74, 6) is 0.869. The summed E-state index contributed by atoms with van der Waals surface area (Å²) < 4.78 is 11.0. The van der Waals surface area contributed by atoms with Gasteiger partial charge in [0.05, 0.1) is 18.9 Å². The second-order valence-electron chi connectivity index (χ2n) is 3.54. The van der Waals surface area contributed by atoms with Crippen LogP contribution in [0.5, 0.6) is 5.75 Å².